The van der Waals surface area contributed by atoms with E-state index in [1.807, 2.05) is 12.1 Å². The monoisotopic (exact) mass is 339 g/mol. The number of aromatic nitrogens is 3. The third kappa shape index (κ3) is 3.68. The third-order valence-electron chi connectivity index (χ3n) is 3.82. The molecule has 3 rings (SSSR count). The van der Waals surface area contributed by atoms with E-state index in [9.17, 15) is 0 Å². The number of nitrogens with zero attached hydrogens (tertiary/aromatic N) is 3. The number of hydrogen-bond acceptors (Lipinski definition) is 4. The summed E-state index contributed by atoms with van der Waals surface area (Å²) in [5, 5.41) is 9.58. The Morgan fingerprint density at radius 3 is 2.46 bits per heavy atom. The van der Waals surface area contributed by atoms with Crippen LogP contribution < -0.4 is 0 Å². The molecule has 0 radical (unpaired) electrons. The molecule has 0 saturated carbocycles. The number of aryl methyl sites for hydroxylation is 2. The van der Waals surface area contributed by atoms with Gasteiger partial charge >= 0.3 is 0 Å². The maximum atomic E-state index is 5.29. The highest BCUT2D eigenvalue weighted by Gasteiger charge is 2.15. The number of thioether (sulfide) groups is 1. The van der Waals surface area contributed by atoms with E-state index in [-0.39, 0.29) is 0 Å². The number of ether oxygens (including phenoxy) is 1. The summed E-state index contributed by atoms with van der Waals surface area (Å²) < 4.78 is 7.38. The summed E-state index contributed by atoms with van der Waals surface area (Å²) in [6.45, 7) is 4.63. The largest absolute Gasteiger partial charge is 0.377 e. The minimum Gasteiger partial charge on any atom is -0.377 e. The first-order chi connectivity index (χ1) is 11.7. The zero-order valence-electron chi connectivity index (χ0n) is 14.2. The Balaban J connectivity index is 1.90. The summed E-state index contributed by atoms with van der Waals surface area (Å²) in [7, 11) is 1.68. The van der Waals surface area contributed by atoms with Crippen molar-refractivity contribution in [2.45, 2.75) is 31.4 Å². The van der Waals surface area contributed by atoms with E-state index < -0.39 is 0 Å². The van der Waals surface area contributed by atoms with Crippen molar-refractivity contribution in [3.8, 4) is 5.69 Å². The summed E-state index contributed by atoms with van der Waals surface area (Å²) in [4.78, 5) is 0. The van der Waals surface area contributed by atoms with E-state index in [2.05, 4.69) is 65.0 Å². The molecule has 3 aromatic rings. The number of hydrogen-bond donors (Lipinski definition) is 0. The minimum absolute atomic E-state index is 0.437. The fraction of sp³-hybridized carbons (Fsp3) is 0.263. The van der Waals surface area contributed by atoms with Crippen molar-refractivity contribution >= 4 is 11.8 Å². The third-order valence-corrected chi connectivity index (χ3v) is 4.82. The lowest BCUT2D eigenvalue weighted by molar-refractivity contribution is 0.176. The maximum absolute atomic E-state index is 5.29. The molecule has 0 amide bonds. The predicted molar refractivity (Wildman–Crippen MR) is 97.5 cm³/mol. The van der Waals surface area contributed by atoms with Gasteiger partial charge in [0.05, 0.1) is 5.69 Å². The van der Waals surface area contributed by atoms with Crippen LogP contribution in [-0.4, -0.2) is 21.9 Å². The first-order valence-electron chi connectivity index (χ1n) is 7.86. The molecule has 0 aliphatic rings. The van der Waals surface area contributed by atoms with Crippen LogP contribution in [0.5, 0.6) is 0 Å². The van der Waals surface area contributed by atoms with Crippen LogP contribution in [0.2, 0.25) is 0 Å². The van der Waals surface area contributed by atoms with Gasteiger partial charge in [0.25, 0.3) is 0 Å². The van der Waals surface area contributed by atoms with Gasteiger partial charge in [-0.2, -0.15) is 0 Å². The lowest BCUT2D eigenvalue weighted by atomic mass is 10.2. The minimum atomic E-state index is 0.437. The van der Waals surface area contributed by atoms with Crippen molar-refractivity contribution in [1.82, 2.24) is 14.8 Å². The fourth-order valence-electron chi connectivity index (χ4n) is 2.50. The molecule has 0 saturated heterocycles. The summed E-state index contributed by atoms with van der Waals surface area (Å²) in [5.41, 5.74) is 4.83. The van der Waals surface area contributed by atoms with Crippen LogP contribution in [-0.2, 0) is 17.1 Å². The Kier molecular flexibility index (Phi) is 5.33. The molecule has 0 aliphatic carbocycles. The molecule has 1 aromatic heterocycles. The van der Waals surface area contributed by atoms with E-state index in [1.54, 1.807) is 18.9 Å². The Labute approximate surface area is 146 Å². The van der Waals surface area contributed by atoms with Gasteiger partial charge in [0.2, 0.25) is 0 Å². The van der Waals surface area contributed by atoms with Crippen molar-refractivity contribution in [3.05, 3.63) is 71.0 Å². The number of benzene rings is 2. The highest BCUT2D eigenvalue weighted by Crippen LogP contribution is 2.27. The second-order valence-electron chi connectivity index (χ2n) is 5.73. The number of para-hydroxylation sites is 1. The molecular formula is C19H21N3OS. The second kappa shape index (κ2) is 7.64. The van der Waals surface area contributed by atoms with Gasteiger partial charge in [-0.25, -0.2) is 0 Å². The lowest BCUT2D eigenvalue weighted by Crippen LogP contribution is -2.05. The predicted octanol–water partition coefficient (Wildman–Crippen LogP) is 4.32. The van der Waals surface area contributed by atoms with Crippen molar-refractivity contribution in [2.75, 3.05) is 7.11 Å². The van der Waals surface area contributed by atoms with E-state index in [4.69, 9.17) is 4.74 Å². The smallest absolute Gasteiger partial charge is 0.196 e. The van der Waals surface area contributed by atoms with Crippen LogP contribution in [0.4, 0.5) is 0 Å². The zero-order chi connectivity index (χ0) is 16.9. The average molecular weight is 339 g/mol. The van der Waals surface area contributed by atoms with Gasteiger partial charge in [-0.1, -0.05) is 59.8 Å². The molecule has 5 heteroatoms. The van der Waals surface area contributed by atoms with Gasteiger partial charge in [-0.15, -0.1) is 10.2 Å². The lowest BCUT2D eigenvalue weighted by Gasteiger charge is -2.12. The van der Waals surface area contributed by atoms with Gasteiger partial charge < -0.3 is 4.74 Å². The normalized spacial score (nSPS) is 11.0. The van der Waals surface area contributed by atoms with E-state index in [0.29, 0.717) is 6.61 Å². The van der Waals surface area contributed by atoms with Crippen LogP contribution in [0.1, 0.15) is 22.5 Å². The molecule has 0 N–H and O–H groups in total. The summed E-state index contributed by atoms with van der Waals surface area (Å²) >= 11 is 1.69. The Hall–Kier alpha value is -2.11. The number of methoxy groups -OCH3 is 1. The van der Waals surface area contributed by atoms with Gasteiger partial charge in [0.1, 0.15) is 6.61 Å². The molecule has 4 nitrogen and oxygen atoms in total. The topological polar surface area (TPSA) is 39.9 Å². The van der Waals surface area contributed by atoms with Gasteiger partial charge in [0.15, 0.2) is 11.0 Å². The fourth-order valence-corrected chi connectivity index (χ4v) is 3.42. The highest BCUT2D eigenvalue weighted by atomic mass is 32.2. The zero-order valence-corrected chi connectivity index (χ0v) is 15.0. The molecule has 1 heterocycles. The highest BCUT2D eigenvalue weighted by molar-refractivity contribution is 7.98. The van der Waals surface area contributed by atoms with Crippen LogP contribution in [0.15, 0.2) is 53.7 Å². The average Bonchev–Trinajstić information content (AvgIpc) is 2.98. The van der Waals surface area contributed by atoms with Crippen LogP contribution in [0, 0.1) is 13.8 Å². The molecule has 0 unspecified atom stereocenters. The maximum Gasteiger partial charge on any atom is 0.196 e. The van der Waals surface area contributed by atoms with E-state index in [1.165, 1.54) is 16.7 Å². The molecule has 0 fully saturated rings. The molecular weight excluding hydrogens is 318 g/mol. The van der Waals surface area contributed by atoms with Crippen LogP contribution in [0.25, 0.3) is 5.69 Å². The van der Waals surface area contributed by atoms with Crippen molar-refractivity contribution in [3.63, 3.8) is 0 Å². The first-order valence-corrected chi connectivity index (χ1v) is 8.85. The van der Waals surface area contributed by atoms with Gasteiger partial charge in [-0.05, 0) is 31.0 Å². The number of rotatable bonds is 6. The van der Waals surface area contributed by atoms with Crippen molar-refractivity contribution < 1.29 is 4.74 Å². The summed E-state index contributed by atoms with van der Waals surface area (Å²) in [6.07, 6.45) is 0. The van der Waals surface area contributed by atoms with Crippen LogP contribution in [0.3, 0.4) is 0 Å². The SMILES string of the molecule is COCc1nnc(SCc2ccc(C)cc2)n1-c1ccccc1C. The quantitative estimate of drug-likeness (QED) is 0.627. The molecule has 0 aliphatic heterocycles. The molecule has 0 atom stereocenters. The van der Waals surface area contributed by atoms with E-state index in [0.717, 1.165) is 22.4 Å². The summed E-state index contributed by atoms with van der Waals surface area (Å²) in [6, 6.07) is 16.9. The summed E-state index contributed by atoms with van der Waals surface area (Å²) in [5.74, 6) is 1.68. The molecule has 124 valence electrons. The van der Waals surface area contributed by atoms with Crippen molar-refractivity contribution in [1.29, 1.82) is 0 Å². The Bertz CT molecular complexity index is 812. The first kappa shape index (κ1) is 16.7. The Morgan fingerprint density at radius 1 is 1.00 bits per heavy atom. The molecule has 24 heavy (non-hydrogen) atoms. The van der Waals surface area contributed by atoms with Gasteiger partial charge in [-0.3, -0.25) is 4.57 Å². The standard InChI is InChI=1S/C19H21N3OS/c1-14-8-10-16(11-9-14)13-24-19-21-20-18(12-23-3)22(19)17-7-5-4-6-15(17)2/h4-11H,12-13H2,1-3H3. The van der Waals surface area contributed by atoms with Gasteiger partial charge in [0, 0.05) is 12.9 Å². The van der Waals surface area contributed by atoms with Crippen molar-refractivity contribution in [2.24, 2.45) is 0 Å². The second-order valence-corrected chi connectivity index (χ2v) is 6.67. The molecule has 0 spiro atoms. The molecule has 2 aromatic carbocycles. The van der Waals surface area contributed by atoms with E-state index >= 15 is 0 Å². The Morgan fingerprint density at radius 2 is 1.75 bits per heavy atom. The van der Waals surface area contributed by atoms with Crippen LogP contribution >= 0.6 is 11.8 Å². The molecule has 0 bridgehead atoms.